The molecule has 0 amide bonds. The monoisotopic (exact) mass is 448 g/mol. The Morgan fingerprint density at radius 2 is 1.94 bits per heavy atom. The number of sulfonamides is 1. The van der Waals surface area contributed by atoms with Crippen molar-refractivity contribution in [2.45, 2.75) is 63.1 Å². The van der Waals surface area contributed by atoms with Crippen LogP contribution in [0.25, 0.3) is 0 Å². The lowest BCUT2D eigenvalue weighted by Crippen LogP contribution is -2.50. The van der Waals surface area contributed by atoms with E-state index in [1.165, 1.54) is 5.56 Å². The third kappa shape index (κ3) is 5.03. The van der Waals surface area contributed by atoms with Crippen LogP contribution in [0.4, 0.5) is 0 Å². The fraction of sp³-hybridized carbons (Fsp3) is 0.609. The highest BCUT2D eigenvalue weighted by atomic mass is 32.2. The third-order valence-electron chi connectivity index (χ3n) is 6.58. The Kier molecular flexibility index (Phi) is 6.81. The molecular formula is C23H32N2O5S. The van der Waals surface area contributed by atoms with Crippen LogP contribution in [0, 0.1) is 19.8 Å². The number of ether oxygens (including phenoxy) is 2. The van der Waals surface area contributed by atoms with Crippen LogP contribution in [0.3, 0.4) is 0 Å². The molecule has 0 radical (unpaired) electrons. The van der Waals surface area contributed by atoms with Crippen LogP contribution >= 0.6 is 0 Å². The van der Waals surface area contributed by atoms with Gasteiger partial charge in [0.2, 0.25) is 10.0 Å². The maximum Gasteiger partial charge on any atom is 0.248 e. The molecule has 2 aliphatic heterocycles. The van der Waals surface area contributed by atoms with Crippen molar-refractivity contribution in [3.05, 3.63) is 47.3 Å². The summed E-state index contributed by atoms with van der Waals surface area (Å²) in [4.78, 5) is 0.210. The maximum atomic E-state index is 13.1. The smallest absolute Gasteiger partial charge is 0.248 e. The zero-order chi connectivity index (χ0) is 21.9. The Bertz CT molecular complexity index is 946. The predicted octanol–water partition coefficient (Wildman–Crippen LogP) is 3.85. The first-order valence-corrected chi connectivity index (χ1v) is 12.5. The van der Waals surface area contributed by atoms with E-state index in [9.17, 15) is 8.42 Å². The summed E-state index contributed by atoms with van der Waals surface area (Å²) in [6.07, 6.45) is 4.46. The second kappa shape index (κ2) is 9.40. The first-order valence-electron chi connectivity index (χ1n) is 11.1. The van der Waals surface area contributed by atoms with Gasteiger partial charge in [0.25, 0.3) is 0 Å². The van der Waals surface area contributed by atoms with Crippen molar-refractivity contribution < 1.29 is 22.4 Å². The Labute approximate surface area is 184 Å². The molecule has 3 heterocycles. The molecule has 2 saturated heterocycles. The van der Waals surface area contributed by atoms with Crippen LogP contribution in [0.15, 0.2) is 39.8 Å². The van der Waals surface area contributed by atoms with E-state index in [0.717, 1.165) is 45.3 Å². The molecule has 2 aromatic rings. The molecule has 31 heavy (non-hydrogen) atoms. The van der Waals surface area contributed by atoms with Gasteiger partial charge in [-0.1, -0.05) is 35.5 Å². The lowest BCUT2D eigenvalue weighted by atomic mass is 9.79. The summed E-state index contributed by atoms with van der Waals surface area (Å²) in [7, 11) is -3.59. The number of benzene rings is 1. The number of rotatable bonds is 7. The van der Waals surface area contributed by atoms with Crippen molar-refractivity contribution in [2.75, 3.05) is 26.3 Å². The second-order valence-electron chi connectivity index (χ2n) is 8.77. The van der Waals surface area contributed by atoms with Gasteiger partial charge in [0, 0.05) is 26.3 Å². The third-order valence-corrected chi connectivity index (χ3v) is 8.72. The van der Waals surface area contributed by atoms with Crippen LogP contribution in [-0.4, -0.2) is 49.8 Å². The number of aryl methyl sites for hydroxylation is 2. The molecule has 7 nitrogen and oxygen atoms in total. The van der Waals surface area contributed by atoms with Gasteiger partial charge in [0.05, 0.1) is 12.2 Å². The summed E-state index contributed by atoms with van der Waals surface area (Å²) in [5.41, 5.74) is 1.40. The number of hydrogen-bond donors (Lipinski definition) is 0. The molecule has 0 aliphatic carbocycles. The van der Waals surface area contributed by atoms with Crippen LogP contribution in [0.5, 0.6) is 0 Å². The average Bonchev–Trinajstić information content (AvgIpc) is 3.11. The Hall–Kier alpha value is -1.74. The highest BCUT2D eigenvalue weighted by molar-refractivity contribution is 7.89. The van der Waals surface area contributed by atoms with Gasteiger partial charge < -0.3 is 14.0 Å². The molecule has 1 spiro atoms. The van der Waals surface area contributed by atoms with Crippen molar-refractivity contribution in [3.8, 4) is 0 Å². The van der Waals surface area contributed by atoms with Gasteiger partial charge in [-0.25, -0.2) is 8.42 Å². The first-order chi connectivity index (χ1) is 14.9. The molecule has 0 N–H and O–H groups in total. The minimum atomic E-state index is -3.59. The molecule has 1 atom stereocenters. The number of aromatic nitrogens is 1. The number of hydrogen-bond acceptors (Lipinski definition) is 6. The van der Waals surface area contributed by atoms with E-state index in [0.29, 0.717) is 37.1 Å². The highest BCUT2D eigenvalue weighted by Gasteiger charge is 2.43. The normalized spacial score (nSPS) is 22.1. The summed E-state index contributed by atoms with van der Waals surface area (Å²) in [6.45, 7) is 6.36. The van der Waals surface area contributed by atoms with Gasteiger partial charge >= 0.3 is 0 Å². The van der Waals surface area contributed by atoms with Crippen LogP contribution < -0.4 is 0 Å². The lowest BCUT2D eigenvalue weighted by molar-refractivity contribution is -0.123. The second-order valence-corrected chi connectivity index (χ2v) is 10.6. The predicted molar refractivity (Wildman–Crippen MR) is 116 cm³/mol. The van der Waals surface area contributed by atoms with Crippen molar-refractivity contribution in [1.29, 1.82) is 0 Å². The SMILES string of the molecule is Cc1noc(C)c1S(=O)(=O)N1CCC2(CC1)CC(CCOCc1ccccc1)CCO2. The quantitative estimate of drug-likeness (QED) is 0.599. The van der Waals surface area contributed by atoms with Gasteiger partial charge in [-0.3, -0.25) is 0 Å². The highest BCUT2D eigenvalue weighted by Crippen LogP contribution is 2.40. The average molecular weight is 449 g/mol. The van der Waals surface area contributed by atoms with Crippen molar-refractivity contribution >= 4 is 10.0 Å². The summed E-state index contributed by atoms with van der Waals surface area (Å²) in [5, 5.41) is 3.81. The van der Waals surface area contributed by atoms with E-state index in [2.05, 4.69) is 17.3 Å². The van der Waals surface area contributed by atoms with E-state index in [1.807, 2.05) is 18.2 Å². The van der Waals surface area contributed by atoms with Gasteiger partial charge in [0.1, 0.15) is 10.6 Å². The molecule has 1 aromatic heterocycles. The molecule has 1 aromatic carbocycles. The fourth-order valence-electron chi connectivity index (χ4n) is 4.84. The summed E-state index contributed by atoms with van der Waals surface area (Å²) in [6, 6.07) is 10.2. The molecule has 2 fully saturated rings. The Morgan fingerprint density at radius 1 is 1.19 bits per heavy atom. The first kappa shape index (κ1) is 22.5. The molecule has 8 heteroatoms. The summed E-state index contributed by atoms with van der Waals surface area (Å²) >= 11 is 0. The van der Waals surface area contributed by atoms with Gasteiger partial charge in [-0.2, -0.15) is 4.31 Å². The van der Waals surface area contributed by atoms with Gasteiger partial charge in [-0.15, -0.1) is 0 Å². The molecule has 4 rings (SSSR count). The summed E-state index contributed by atoms with van der Waals surface area (Å²) in [5.74, 6) is 0.900. The number of piperidine rings is 1. The van der Waals surface area contributed by atoms with Crippen molar-refractivity contribution in [2.24, 2.45) is 5.92 Å². The van der Waals surface area contributed by atoms with Crippen molar-refractivity contribution in [1.82, 2.24) is 9.46 Å². The fourth-order valence-corrected chi connectivity index (χ4v) is 6.58. The Morgan fingerprint density at radius 3 is 2.61 bits per heavy atom. The minimum absolute atomic E-state index is 0.210. The molecule has 170 valence electrons. The van der Waals surface area contributed by atoms with E-state index in [-0.39, 0.29) is 10.5 Å². The van der Waals surface area contributed by atoms with E-state index >= 15 is 0 Å². The maximum absolute atomic E-state index is 13.1. The van der Waals surface area contributed by atoms with Crippen LogP contribution in [0.1, 0.15) is 49.1 Å². The molecule has 2 aliphatic rings. The standard InChI is InChI=1S/C23H32N2O5S/c1-18-22(19(2)30-24-18)31(26,27)25-12-10-23(11-13-25)16-20(9-15-29-23)8-14-28-17-21-6-4-3-5-7-21/h3-7,20H,8-17H2,1-2H3. The largest absolute Gasteiger partial charge is 0.377 e. The van der Waals surface area contributed by atoms with E-state index < -0.39 is 10.0 Å². The van der Waals surface area contributed by atoms with E-state index in [1.54, 1.807) is 18.2 Å². The van der Waals surface area contributed by atoms with Crippen molar-refractivity contribution in [3.63, 3.8) is 0 Å². The zero-order valence-electron chi connectivity index (χ0n) is 18.4. The lowest BCUT2D eigenvalue weighted by Gasteiger charge is -2.45. The molecule has 0 saturated carbocycles. The molecule has 1 unspecified atom stereocenters. The van der Waals surface area contributed by atoms with E-state index in [4.69, 9.17) is 14.0 Å². The van der Waals surface area contributed by atoms with Gasteiger partial charge in [0.15, 0.2) is 5.76 Å². The zero-order valence-corrected chi connectivity index (χ0v) is 19.2. The number of nitrogens with zero attached hydrogens (tertiary/aromatic N) is 2. The summed E-state index contributed by atoms with van der Waals surface area (Å²) < 4.78 is 44.9. The Balaban J connectivity index is 1.29. The van der Waals surface area contributed by atoms with Gasteiger partial charge in [-0.05, 0) is 57.4 Å². The van der Waals surface area contributed by atoms with Crippen LogP contribution in [-0.2, 0) is 26.1 Å². The molecule has 0 bridgehead atoms. The van der Waals surface area contributed by atoms with Crippen LogP contribution in [0.2, 0.25) is 0 Å². The minimum Gasteiger partial charge on any atom is -0.377 e. The topological polar surface area (TPSA) is 81.9 Å². The molecular weight excluding hydrogens is 416 g/mol.